The summed E-state index contributed by atoms with van der Waals surface area (Å²) in [5.41, 5.74) is 0.918. The number of ether oxygens (including phenoxy) is 1. The molecule has 1 fully saturated rings. The number of carbonyl (C=O) groups excluding carboxylic acids is 2. The van der Waals surface area contributed by atoms with E-state index in [1.54, 1.807) is 24.3 Å². The van der Waals surface area contributed by atoms with Crippen molar-refractivity contribution in [3.8, 4) is 0 Å². The number of fused-ring (bicyclic) bond motifs is 1. The van der Waals surface area contributed by atoms with Crippen LogP contribution in [0.5, 0.6) is 0 Å². The van der Waals surface area contributed by atoms with Crippen molar-refractivity contribution >= 4 is 11.8 Å². The van der Waals surface area contributed by atoms with Gasteiger partial charge in [-0.15, -0.1) is 0 Å². The number of nitrogens with one attached hydrogen (secondary N) is 1. The lowest BCUT2D eigenvalue weighted by Gasteiger charge is -2.36. The predicted octanol–water partition coefficient (Wildman–Crippen LogP) is 1.05. The Bertz CT molecular complexity index is 523. The number of morpholine rings is 1. The molecule has 2 aliphatic heterocycles. The number of benzene rings is 1. The van der Waals surface area contributed by atoms with E-state index in [4.69, 9.17) is 4.74 Å². The maximum Gasteiger partial charge on any atom is 0.261 e. The Morgan fingerprint density at radius 2 is 1.85 bits per heavy atom. The van der Waals surface area contributed by atoms with E-state index in [0.29, 0.717) is 30.8 Å². The molecule has 1 saturated heterocycles. The van der Waals surface area contributed by atoms with Crippen LogP contribution in [0.2, 0.25) is 0 Å². The Kier molecular flexibility index (Phi) is 3.11. The maximum absolute atomic E-state index is 12.2. The molecule has 0 spiro atoms. The second-order valence-corrected chi connectivity index (χ2v) is 5.96. The fourth-order valence-corrected chi connectivity index (χ4v) is 2.55. The van der Waals surface area contributed by atoms with E-state index in [1.165, 1.54) is 4.90 Å². The van der Waals surface area contributed by atoms with Crippen LogP contribution >= 0.6 is 0 Å². The molecule has 1 N–H and O–H groups in total. The quantitative estimate of drug-likeness (QED) is 0.819. The number of rotatable bonds is 2. The van der Waals surface area contributed by atoms with Crippen LogP contribution in [0.4, 0.5) is 0 Å². The lowest BCUT2D eigenvalue weighted by molar-refractivity contribution is -0.0309. The first kappa shape index (κ1) is 13.3. The molecule has 0 aliphatic carbocycles. The van der Waals surface area contributed by atoms with Crippen molar-refractivity contribution in [2.75, 3.05) is 19.7 Å². The Labute approximate surface area is 117 Å². The van der Waals surface area contributed by atoms with Crippen LogP contribution in [0.25, 0.3) is 0 Å². The van der Waals surface area contributed by atoms with Crippen LogP contribution in [0.15, 0.2) is 24.3 Å². The summed E-state index contributed by atoms with van der Waals surface area (Å²) in [6.45, 7) is 5.63. The van der Waals surface area contributed by atoms with Crippen molar-refractivity contribution in [1.82, 2.24) is 10.2 Å². The second-order valence-electron chi connectivity index (χ2n) is 5.96. The minimum Gasteiger partial charge on any atom is -0.373 e. The highest BCUT2D eigenvalue weighted by atomic mass is 16.5. The summed E-state index contributed by atoms with van der Waals surface area (Å²) in [7, 11) is 0. The lowest BCUT2D eigenvalue weighted by atomic mass is 10.0. The van der Waals surface area contributed by atoms with Gasteiger partial charge in [-0.3, -0.25) is 14.5 Å². The summed E-state index contributed by atoms with van der Waals surface area (Å²) < 4.78 is 5.74. The van der Waals surface area contributed by atoms with Gasteiger partial charge in [-0.1, -0.05) is 12.1 Å². The molecule has 1 aromatic carbocycles. The van der Waals surface area contributed by atoms with Gasteiger partial charge in [0.15, 0.2) is 0 Å². The molecule has 0 bridgehead atoms. The fraction of sp³-hybridized carbons (Fsp3) is 0.467. The summed E-state index contributed by atoms with van der Waals surface area (Å²) in [5.74, 6) is -0.446. The van der Waals surface area contributed by atoms with Gasteiger partial charge in [0.05, 0.1) is 30.4 Å². The summed E-state index contributed by atoms with van der Waals surface area (Å²) in [4.78, 5) is 25.8. The molecule has 1 atom stereocenters. The third-order valence-corrected chi connectivity index (χ3v) is 3.75. The minimum atomic E-state index is -0.223. The van der Waals surface area contributed by atoms with Crippen LogP contribution < -0.4 is 5.32 Å². The number of nitrogens with zero attached hydrogens (tertiary/aromatic N) is 1. The first-order valence-electron chi connectivity index (χ1n) is 6.80. The zero-order valence-electron chi connectivity index (χ0n) is 11.7. The minimum absolute atomic E-state index is 0.0571. The van der Waals surface area contributed by atoms with E-state index in [9.17, 15) is 9.59 Å². The number of carbonyl (C=O) groups is 2. The molecule has 1 unspecified atom stereocenters. The standard InChI is InChI=1S/C15H18N2O3/c1-15(2)9-20-10(7-16-15)8-17-13(18)11-5-3-4-6-12(11)14(17)19/h3-6,10,16H,7-9H2,1-2H3. The predicted molar refractivity (Wildman–Crippen MR) is 73.6 cm³/mol. The van der Waals surface area contributed by atoms with Gasteiger partial charge in [0.1, 0.15) is 0 Å². The molecule has 106 valence electrons. The molecule has 0 radical (unpaired) electrons. The highest BCUT2D eigenvalue weighted by Crippen LogP contribution is 2.23. The molecule has 0 saturated carbocycles. The summed E-state index contributed by atoms with van der Waals surface area (Å²) in [6.07, 6.45) is -0.148. The third-order valence-electron chi connectivity index (χ3n) is 3.75. The number of hydrogen-bond acceptors (Lipinski definition) is 4. The van der Waals surface area contributed by atoms with Crippen LogP contribution in [0.1, 0.15) is 34.6 Å². The molecule has 1 aromatic rings. The van der Waals surface area contributed by atoms with E-state index < -0.39 is 0 Å². The van der Waals surface area contributed by atoms with Crippen LogP contribution in [-0.4, -0.2) is 48.1 Å². The zero-order chi connectivity index (χ0) is 14.3. The average molecular weight is 274 g/mol. The Hall–Kier alpha value is -1.72. The fourth-order valence-electron chi connectivity index (χ4n) is 2.55. The van der Waals surface area contributed by atoms with Crippen LogP contribution in [-0.2, 0) is 4.74 Å². The summed E-state index contributed by atoms with van der Waals surface area (Å²) in [6, 6.07) is 6.93. The zero-order valence-corrected chi connectivity index (χ0v) is 11.7. The van der Waals surface area contributed by atoms with Gasteiger partial charge in [0, 0.05) is 12.1 Å². The van der Waals surface area contributed by atoms with Gasteiger partial charge < -0.3 is 10.1 Å². The molecule has 5 heteroatoms. The molecule has 2 amide bonds. The largest absolute Gasteiger partial charge is 0.373 e. The van der Waals surface area contributed by atoms with Crippen molar-refractivity contribution in [2.45, 2.75) is 25.5 Å². The Balaban J connectivity index is 1.71. The number of amides is 2. The SMILES string of the molecule is CC1(C)COC(CN2C(=O)c3ccccc3C2=O)CN1. The molecule has 0 aromatic heterocycles. The molecular weight excluding hydrogens is 256 g/mol. The first-order valence-corrected chi connectivity index (χ1v) is 6.80. The second kappa shape index (κ2) is 4.68. The summed E-state index contributed by atoms with van der Waals surface area (Å²) >= 11 is 0. The molecular formula is C15H18N2O3. The van der Waals surface area contributed by atoms with Gasteiger partial charge in [0.2, 0.25) is 0 Å². The van der Waals surface area contributed by atoms with Gasteiger partial charge in [-0.2, -0.15) is 0 Å². The molecule has 3 rings (SSSR count). The average Bonchev–Trinajstić information content (AvgIpc) is 2.67. The lowest BCUT2D eigenvalue weighted by Crippen LogP contribution is -2.56. The van der Waals surface area contributed by atoms with E-state index in [2.05, 4.69) is 19.2 Å². The van der Waals surface area contributed by atoms with E-state index >= 15 is 0 Å². The maximum atomic E-state index is 12.2. The van der Waals surface area contributed by atoms with E-state index in [1.807, 2.05) is 0 Å². The molecule has 2 aliphatic rings. The highest BCUT2D eigenvalue weighted by molar-refractivity contribution is 6.21. The van der Waals surface area contributed by atoms with E-state index in [0.717, 1.165) is 0 Å². The van der Waals surface area contributed by atoms with E-state index in [-0.39, 0.29) is 23.5 Å². The van der Waals surface area contributed by atoms with Crippen molar-refractivity contribution in [3.05, 3.63) is 35.4 Å². The Morgan fingerprint density at radius 3 is 2.35 bits per heavy atom. The molecule has 20 heavy (non-hydrogen) atoms. The highest BCUT2D eigenvalue weighted by Gasteiger charge is 2.38. The number of imide groups is 1. The van der Waals surface area contributed by atoms with Crippen molar-refractivity contribution in [3.63, 3.8) is 0 Å². The van der Waals surface area contributed by atoms with Crippen molar-refractivity contribution < 1.29 is 14.3 Å². The monoisotopic (exact) mass is 274 g/mol. The summed E-state index contributed by atoms with van der Waals surface area (Å²) in [5, 5.41) is 3.36. The van der Waals surface area contributed by atoms with Gasteiger partial charge in [-0.25, -0.2) is 0 Å². The smallest absolute Gasteiger partial charge is 0.261 e. The third kappa shape index (κ3) is 2.23. The van der Waals surface area contributed by atoms with Crippen LogP contribution in [0, 0.1) is 0 Å². The van der Waals surface area contributed by atoms with Crippen molar-refractivity contribution in [1.29, 1.82) is 0 Å². The molecule has 5 nitrogen and oxygen atoms in total. The van der Waals surface area contributed by atoms with Crippen molar-refractivity contribution in [2.24, 2.45) is 0 Å². The van der Waals surface area contributed by atoms with Gasteiger partial charge in [0.25, 0.3) is 11.8 Å². The first-order chi connectivity index (χ1) is 9.48. The van der Waals surface area contributed by atoms with Gasteiger partial charge in [-0.05, 0) is 26.0 Å². The Morgan fingerprint density at radius 1 is 1.25 bits per heavy atom. The van der Waals surface area contributed by atoms with Crippen LogP contribution in [0.3, 0.4) is 0 Å². The number of hydrogen-bond donors (Lipinski definition) is 1. The normalized spacial score (nSPS) is 24.9. The topological polar surface area (TPSA) is 58.6 Å². The molecule has 2 heterocycles. The van der Waals surface area contributed by atoms with Gasteiger partial charge >= 0.3 is 0 Å².